The number of hydrogen-bond donors (Lipinski definition) is 1. The summed E-state index contributed by atoms with van der Waals surface area (Å²) in [5.74, 6) is -0.516. The van der Waals surface area contributed by atoms with E-state index < -0.39 is 16.1 Å². The number of carbonyl (C=O) groups is 2. The van der Waals surface area contributed by atoms with Gasteiger partial charge in [-0.1, -0.05) is 66.8 Å². The molecule has 2 rings (SSSR count). The number of anilines is 1. The summed E-state index contributed by atoms with van der Waals surface area (Å²) in [4.78, 5) is 28.1. The summed E-state index contributed by atoms with van der Waals surface area (Å²) in [5, 5.41) is 4.03. The monoisotopic (exact) mass is 589 g/mol. The summed E-state index contributed by atoms with van der Waals surface area (Å²) in [7, 11) is -3.70. The Hall–Kier alpha value is -2.00. The normalized spacial score (nSPS) is 13.1. The second-order valence-electron chi connectivity index (χ2n) is 8.89. The average molecular weight is 591 g/mol. The van der Waals surface area contributed by atoms with Crippen LogP contribution in [0, 0.1) is 0 Å². The summed E-state index contributed by atoms with van der Waals surface area (Å²) < 4.78 is 26.2. The second kappa shape index (κ2) is 14.2. The smallest absolute Gasteiger partial charge is 0.243 e. The molecule has 0 bridgehead atoms. The van der Waals surface area contributed by atoms with Crippen molar-refractivity contribution >= 4 is 62.3 Å². The summed E-state index contributed by atoms with van der Waals surface area (Å²) in [5.41, 5.74) is 0.965. The van der Waals surface area contributed by atoms with Crippen LogP contribution in [0.3, 0.4) is 0 Å². The molecule has 11 heteroatoms. The molecule has 2 aromatic rings. The van der Waals surface area contributed by atoms with Gasteiger partial charge in [-0.15, -0.1) is 0 Å². The third-order valence-electron chi connectivity index (χ3n) is 6.01. The summed E-state index contributed by atoms with van der Waals surface area (Å²) in [6.07, 6.45) is 2.46. The molecule has 2 amide bonds. The molecule has 37 heavy (non-hydrogen) atoms. The molecule has 0 heterocycles. The molecule has 0 fully saturated rings. The summed E-state index contributed by atoms with van der Waals surface area (Å²) in [6, 6.07) is 11.0. The lowest BCUT2D eigenvalue weighted by Gasteiger charge is -2.32. The Morgan fingerprint density at radius 1 is 1.00 bits per heavy atom. The predicted molar refractivity (Wildman–Crippen MR) is 152 cm³/mol. The number of nitrogens with zero attached hydrogens (tertiary/aromatic N) is 2. The van der Waals surface area contributed by atoms with E-state index in [-0.39, 0.29) is 54.5 Å². The Kier molecular flexibility index (Phi) is 12.0. The number of carbonyl (C=O) groups excluding carboxylic acids is 2. The minimum absolute atomic E-state index is 0.0143. The van der Waals surface area contributed by atoms with Gasteiger partial charge in [-0.25, -0.2) is 8.42 Å². The number of sulfonamides is 1. The van der Waals surface area contributed by atoms with E-state index in [9.17, 15) is 18.0 Å². The van der Waals surface area contributed by atoms with E-state index in [1.807, 2.05) is 32.9 Å². The van der Waals surface area contributed by atoms with Crippen LogP contribution in [0.15, 0.2) is 42.5 Å². The van der Waals surface area contributed by atoms with Crippen LogP contribution >= 0.6 is 34.8 Å². The van der Waals surface area contributed by atoms with Crippen molar-refractivity contribution in [2.75, 3.05) is 17.1 Å². The molecule has 0 saturated carbocycles. The van der Waals surface area contributed by atoms with E-state index >= 15 is 0 Å². The lowest BCUT2D eigenvalue weighted by molar-refractivity contribution is -0.141. The molecule has 1 N–H and O–H groups in total. The number of hydrogen-bond acceptors (Lipinski definition) is 4. The molecule has 2 aromatic carbocycles. The molecule has 204 valence electrons. The lowest BCUT2D eigenvalue weighted by Crippen LogP contribution is -2.50. The molecule has 7 nitrogen and oxygen atoms in total. The van der Waals surface area contributed by atoms with Gasteiger partial charge < -0.3 is 10.2 Å². The second-order valence-corrected chi connectivity index (χ2v) is 12.0. The maximum Gasteiger partial charge on any atom is 0.243 e. The van der Waals surface area contributed by atoms with Crippen molar-refractivity contribution in [3.8, 4) is 0 Å². The number of nitrogens with one attached hydrogen (secondary N) is 1. The Morgan fingerprint density at radius 2 is 1.68 bits per heavy atom. The van der Waals surface area contributed by atoms with Gasteiger partial charge in [0.2, 0.25) is 21.8 Å². The number of amides is 2. The molecular formula is C26H34Cl3N3O4S. The molecule has 0 aliphatic rings. The van der Waals surface area contributed by atoms with E-state index in [0.717, 1.165) is 22.5 Å². The molecule has 0 aliphatic carbocycles. The number of halogens is 3. The lowest BCUT2D eigenvalue weighted by atomic mass is 10.1. The number of rotatable bonds is 13. The van der Waals surface area contributed by atoms with Gasteiger partial charge in [-0.05, 0) is 56.0 Å². The standard InChI is InChI=1S/C26H34Cl3N3O4S/c1-5-18(3)30-26(34)23(6-2)31(17-19-10-7-8-11-21(19)28)25(33)12-9-15-32(37(4,35)36)24-16-20(27)13-14-22(24)29/h7-8,10-11,13-14,16,18,23H,5-6,9,12,15,17H2,1-4H3,(H,30,34)/t18-,23+/m1/s1. The first-order valence-electron chi connectivity index (χ1n) is 12.1. The SMILES string of the molecule is CC[C@@H](C)NC(=O)[C@H](CC)N(Cc1ccccc1Cl)C(=O)CCCN(c1cc(Cl)ccc1Cl)S(C)(=O)=O. The van der Waals surface area contributed by atoms with Gasteiger partial charge in [0.1, 0.15) is 6.04 Å². The summed E-state index contributed by atoms with van der Waals surface area (Å²) >= 11 is 18.7. The first-order valence-corrected chi connectivity index (χ1v) is 15.1. The topological polar surface area (TPSA) is 86.8 Å². The maximum atomic E-state index is 13.5. The van der Waals surface area contributed by atoms with Crippen molar-refractivity contribution < 1.29 is 18.0 Å². The molecule has 0 aromatic heterocycles. The van der Waals surface area contributed by atoms with Crippen molar-refractivity contribution in [3.63, 3.8) is 0 Å². The van der Waals surface area contributed by atoms with Crippen LogP contribution in [0.5, 0.6) is 0 Å². The van der Waals surface area contributed by atoms with Crippen molar-refractivity contribution in [2.45, 2.75) is 65.1 Å². The molecule has 0 unspecified atom stereocenters. The fourth-order valence-corrected chi connectivity index (χ4v) is 5.43. The largest absolute Gasteiger partial charge is 0.352 e. The van der Waals surface area contributed by atoms with Crippen molar-refractivity contribution in [1.29, 1.82) is 0 Å². The first kappa shape index (κ1) is 31.2. The van der Waals surface area contributed by atoms with E-state index in [1.54, 1.807) is 18.2 Å². The van der Waals surface area contributed by atoms with E-state index in [4.69, 9.17) is 34.8 Å². The molecule has 0 spiro atoms. The van der Waals surface area contributed by atoms with Crippen LogP contribution in [-0.4, -0.2) is 50.0 Å². The summed E-state index contributed by atoms with van der Waals surface area (Å²) in [6.45, 7) is 5.89. The van der Waals surface area contributed by atoms with Gasteiger partial charge in [-0.3, -0.25) is 13.9 Å². The minimum atomic E-state index is -3.70. The Morgan fingerprint density at radius 3 is 2.27 bits per heavy atom. The van der Waals surface area contributed by atoms with Gasteiger partial charge in [0, 0.05) is 35.6 Å². The fraction of sp³-hybridized carbons (Fsp3) is 0.462. The van der Waals surface area contributed by atoms with Crippen LogP contribution in [0.2, 0.25) is 15.1 Å². The van der Waals surface area contributed by atoms with Gasteiger partial charge in [0.25, 0.3) is 0 Å². The fourth-order valence-electron chi connectivity index (χ4n) is 3.83. The average Bonchev–Trinajstić information content (AvgIpc) is 2.83. The quantitative estimate of drug-likeness (QED) is 0.314. The molecule has 0 saturated heterocycles. The highest BCUT2D eigenvalue weighted by Crippen LogP contribution is 2.31. The Labute approximate surface area is 235 Å². The molecular weight excluding hydrogens is 557 g/mol. The third kappa shape index (κ3) is 9.06. The Bertz CT molecular complexity index is 1190. The van der Waals surface area contributed by atoms with Gasteiger partial charge in [0.15, 0.2) is 0 Å². The van der Waals surface area contributed by atoms with E-state index in [2.05, 4.69) is 5.32 Å². The van der Waals surface area contributed by atoms with Crippen molar-refractivity contribution in [3.05, 3.63) is 63.1 Å². The highest BCUT2D eigenvalue weighted by atomic mass is 35.5. The van der Waals surface area contributed by atoms with Gasteiger partial charge in [-0.2, -0.15) is 0 Å². The Balaban J connectivity index is 2.27. The molecule has 0 radical (unpaired) electrons. The highest BCUT2D eigenvalue weighted by molar-refractivity contribution is 7.92. The van der Waals surface area contributed by atoms with Gasteiger partial charge in [0.05, 0.1) is 17.0 Å². The van der Waals surface area contributed by atoms with E-state index in [1.165, 1.54) is 17.0 Å². The van der Waals surface area contributed by atoms with Crippen molar-refractivity contribution in [1.82, 2.24) is 10.2 Å². The zero-order chi connectivity index (χ0) is 27.8. The van der Waals surface area contributed by atoms with Crippen LogP contribution in [0.4, 0.5) is 5.69 Å². The highest BCUT2D eigenvalue weighted by Gasteiger charge is 2.30. The molecule has 0 aliphatic heterocycles. The molecule has 2 atom stereocenters. The minimum Gasteiger partial charge on any atom is -0.352 e. The third-order valence-corrected chi connectivity index (χ3v) is 8.12. The van der Waals surface area contributed by atoms with Crippen LogP contribution in [0.1, 0.15) is 52.0 Å². The predicted octanol–water partition coefficient (Wildman–Crippen LogP) is 5.92. The zero-order valence-electron chi connectivity index (χ0n) is 21.5. The number of benzene rings is 2. The van der Waals surface area contributed by atoms with Crippen LogP contribution in [0.25, 0.3) is 0 Å². The van der Waals surface area contributed by atoms with Gasteiger partial charge >= 0.3 is 0 Å². The van der Waals surface area contributed by atoms with E-state index in [0.29, 0.717) is 16.5 Å². The van der Waals surface area contributed by atoms with Crippen LogP contribution < -0.4 is 9.62 Å². The zero-order valence-corrected chi connectivity index (χ0v) is 24.6. The first-order chi connectivity index (χ1) is 17.4. The van der Waals surface area contributed by atoms with Crippen molar-refractivity contribution in [2.24, 2.45) is 0 Å². The maximum absolute atomic E-state index is 13.5. The van der Waals surface area contributed by atoms with Crippen LogP contribution in [-0.2, 0) is 26.2 Å².